The highest BCUT2D eigenvalue weighted by Gasteiger charge is 2.32. The van der Waals surface area contributed by atoms with Crippen molar-refractivity contribution in [2.45, 2.75) is 12.6 Å². The summed E-state index contributed by atoms with van der Waals surface area (Å²) in [5, 5.41) is 0. The zero-order valence-electron chi connectivity index (χ0n) is 16.9. The number of oxazole rings is 1. The molecular weight excluding hydrogens is 401 g/mol. The van der Waals surface area contributed by atoms with E-state index in [1.807, 2.05) is 29.2 Å². The van der Waals surface area contributed by atoms with Crippen LogP contribution >= 0.6 is 0 Å². The summed E-state index contributed by atoms with van der Waals surface area (Å²) in [7, 11) is 0. The number of benzene rings is 2. The van der Waals surface area contributed by atoms with Crippen LogP contribution in [0.15, 0.2) is 59.1 Å². The molecule has 0 saturated carbocycles. The third-order valence-corrected chi connectivity index (χ3v) is 5.51. The van der Waals surface area contributed by atoms with Gasteiger partial charge in [-0.15, -0.1) is 0 Å². The van der Waals surface area contributed by atoms with E-state index in [-0.39, 0.29) is 18.3 Å². The molecule has 0 N–H and O–H groups in total. The molecule has 1 atom stereocenters. The van der Waals surface area contributed by atoms with Crippen LogP contribution in [-0.2, 0) is 11.3 Å². The van der Waals surface area contributed by atoms with Gasteiger partial charge in [0.15, 0.2) is 17.3 Å². The number of aromatic nitrogens is 1. The Morgan fingerprint density at radius 3 is 2.55 bits per heavy atom. The second-order valence-electron chi connectivity index (χ2n) is 7.59. The van der Waals surface area contributed by atoms with Crippen LogP contribution in [0.25, 0.3) is 11.3 Å². The van der Waals surface area contributed by atoms with E-state index >= 15 is 0 Å². The van der Waals surface area contributed by atoms with Crippen molar-refractivity contribution < 1.29 is 23.1 Å². The predicted molar refractivity (Wildman–Crippen MR) is 110 cm³/mol. The Hall–Kier alpha value is -3.39. The molecule has 0 spiro atoms. The quantitative estimate of drug-likeness (QED) is 0.643. The minimum atomic E-state index is -0.619. The molecule has 2 aromatic carbocycles. The van der Waals surface area contributed by atoms with Crippen LogP contribution in [0, 0.1) is 5.82 Å². The first kappa shape index (κ1) is 19.6. The number of hydrogen-bond donors (Lipinski definition) is 0. The van der Waals surface area contributed by atoms with Gasteiger partial charge in [0.25, 0.3) is 5.91 Å². The molecule has 3 heterocycles. The number of amides is 1. The van der Waals surface area contributed by atoms with Gasteiger partial charge in [-0.1, -0.05) is 12.1 Å². The summed E-state index contributed by atoms with van der Waals surface area (Å²) in [6.07, 6.45) is 1.03. The standard InChI is InChI=1S/C23H22FN3O4/c24-17-7-5-16(6-8-17)20-13-25-22(31-20)14-26-9-11-27(12-10-26)23(28)21-15-29-18-3-1-2-4-19(18)30-21/h1-8,13,21H,9-12,14-15H2/t21-/m0/s1. The summed E-state index contributed by atoms with van der Waals surface area (Å²) in [5.41, 5.74) is 0.784. The molecule has 2 aliphatic heterocycles. The van der Waals surface area contributed by atoms with E-state index in [0.717, 1.165) is 5.56 Å². The normalized spacial score (nSPS) is 18.7. The number of piperazine rings is 1. The zero-order valence-corrected chi connectivity index (χ0v) is 16.9. The molecule has 8 heteroatoms. The van der Waals surface area contributed by atoms with Gasteiger partial charge in [-0.05, 0) is 36.4 Å². The maximum atomic E-state index is 13.1. The minimum absolute atomic E-state index is 0.0520. The smallest absolute Gasteiger partial charge is 0.267 e. The molecule has 1 amide bonds. The van der Waals surface area contributed by atoms with Gasteiger partial charge < -0.3 is 18.8 Å². The van der Waals surface area contributed by atoms with E-state index in [4.69, 9.17) is 13.9 Å². The molecule has 0 unspecified atom stereocenters. The van der Waals surface area contributed by atoms with Crippen molar-refractivity contribution in [3.05, 3.63) is 66.4 Å². The first-order valence-electron chi connectivity index (χ1n) is 10.3. The minimum Gasteiger partial charge on any atom is -0.485 e. The lowest BCUT2D eigenvalue weighted by atomic mass is 10.2. The predicted octanol–water partition coefficient (Wildman–Crippen LogP) is 2.96. The molecular formula is C23H22FN3O4. The van der Waals surface area contributed by atoms with Gasteiger partial charge in [0.2, 0.25) is 12.0 Å². The largest absolute Gasteiger partial charge is 0.485 e. The number of carbonyl (C=O) groups is 1. The molecule has 0 bridgehead atoms. The van der Waals surface area contributed by atoms with Gasteiger partial charge in [0, 0.05) is 31.7 Å². The molecule has 1 saturated heterocycles. The number of hydrogen-bond acceptors (Lipinski definition) is 6. The highest BCUT2D eigenvalue weighted by Crippen LogP contribution is 2.31. The van der Waals surface area contributed by atoms with Crippen molar-refractivity contribution in [3.8, 4) is 22.8 Å². The molecule has 7 nitrogen and oxygen atoms in total. The van der Waals surface area contributed by atoms with Crippen LogP contribution in [0.1, 0.15) is 5.89 Å². The second-order valence-corrected chi connectivity index (χ2v) is 7.59. The Balaban J connectivity index is 1.14. The number of halogens is 1. The summed E-state index contributed by atoms with van der Waals surface area (Å²) in [6.45, 7) is 3.41. The fraction of sp³-hybridized carbons (Fsp3) is 0.304. The van der Waals surface area contributed by atoms with Crippen LogP contribution in [0.2, 0.25) is 0 Å². The fourth-order valence-corrected chi connectivity index (χ4v) is 3.79. The SMILES string of the molecule is O=C([C@@H]1COc2ccccc2O1)N1CCN(Cc2ncc(-c3ccc(F)cc3)o2)CC1. The summed E-state index contributed by atoms with van der Waals surface area (Å²) in [5.74, 6) is 2.14. The third-order valence-electron chi connectivity index (χ3n) is 5.51. The van der Waals surface area contributed by atoms with Gasteiger partial charge in [-0.25, -0.2) is 9.37 Å². The van der Waals surface area contributed by atoms with Crippen molar-refractivity contribution in [2.24, 2.45) is 0 Å². The van der Waals surface area contributed by atoms with Crippen molar-refractivity contribution in [3.63, 3.8) is 0 Å². The van der Waals surface area contributed by atoms with Gasteiger partial charge >= 0.3 is 0 Å². The summed E-state index contributed by atoms with van der Waals surface area (Å²) >= 11 is 0. The maximum Gasteiger partial charge on any atom is 0.267 e. The average molecular weight is 423 g/mol. The van der Waals surface area contributed by atoms with Crippen LogP contribution < -0.4 is 9.47 Å². The average Bonchev–Trinajstić information content (AvgIpc) is 3.27. The second kappa shape index (κ2) is 8.39. The van der Waals surface area contributed by atoms with Gasteiger partial charge in [0.05, 0.1) is 12.7 Å². The Bertz CT molecular complexity index is 1060. The molecule has 0 aliphatic carbocycles. The molecule has 2 aliphatic rings. The molecule has 1 fully saturated rings. The molecule has 160 valence electrons. The molecule has 31 heavy (non-hydrogen) atoms. The number of fused-ring (bicyclic) bond motifs is 1. The van der Waals surface area contributed by atoms with E-state index in [9.17, 15) is 9.18 Å². The summed E-state index contributed by atoms with van der Waals surface area (Å²) in [4.78, 5) is 21.2. The van der Waals surface area contributed by atoms with Crippen LogP contribution in [0.4, 0.5) is 4.39 Å². The third kappa shape index (κ3) is 4.25. The number of carbonyl (C=O) groups excluding carboxylic acids is 1. The topological polar surface area (TPSA) is 68.0 Å². The highest BCUT2D eigenvalue weighted by molar-refractivity contribution is 5.82. The highest BCUT2D eigenvalue weighted by atomic mass is 19.1. The lowest BCUT2D eigenvalue weighted by Crippen LogP contribution is -2.53. The molecule has 5 rings (SSSR count). The summed E-state index contributed by atoms with van der Waals surface area (Å²) < 4.78 is 30.4. The van der Waals surface area contributed by atoms with Gasteiger partial charge in [0.1, 0.15) is 12.4 Å². The first-order valence-corrected chi connectivity index (χ1v) is 10.3. The van der Waals surface area contributed by atoms with Crippen molar-refractivity contribution in [1.29, 1.82) is 0 Å². The van der Waals surface area contributed by atoms with Crippen LogP contribution in [0.5, 0.6) is 11.5 Å². The van der Waals surface area contributed by atoms with E-state index in [0.29, 0.717) is 55.9 Å². The number of ether oxygens (including phenoxy) is 2. The lowest BCUT2D eigenvalue weighted by molar-refractivity contribution is -0.143. The van der Waals surface area contributed by atoms with E-state index in [1.165, 1.54) is 12.1 Å². The van der Waals surface area contributed by atoms with Gasteiger partial charge in [-0.2, -0.15) is 0 Å². The van der Waals surface area contributed by atoms with E-state index < -0.39 is 6.10 Å². The van der Waals surface area contributed by atoms with Crippen LogP contribution in [-0.4, -0.2) is 59.6 Å². The van der Waals surface area contributed by atoms with Crippen molar-refractivity contribution in [1.82, 2.24) is 14.8 Å². The van der Waals surface area contributed by atoms with Crippen LogP contribution in [0.3, 0.4) is 0 Å². The number of rotatable bonds is 4. The van der Waals surface area contributed by atoms with Crippen molar-refractivity contribution in [2.75, 3.05) is 32.8 Å². The Kier molecular flexibility index (Phi) is 5.30. The Labute approximate surface area is 179 Å². The molecule has 3 aromatic rings. The molecule has 0 radical (unpaired) electrons. The Morgan fingerprint density at radius 1 is 1.03 bits per heavy atom. The lowest BCUT2D eigenvalue weighted by Gasteiger charge is -2.36. The summed E-state index contributed by atoms with van der Waals surface area (Å²) in [6, 6.07) is 13.5. The Morgan fingerprint density at radius 2 is 1.77 bits per heavy atom. The number of para-hydroxylation sites is 2. The number of nitrogens with zero attached hydrogens (tertiary/aromatic N) is 3. The first-order chi connectivity index (χ1) is 15.2. The van der Waals surface area contributed by atoms with E-state index in [2.05, 4.69) is 9.88 Å². The van der Waals surface area contributed by atoms with Gasteiger partial charge in [-0.3, -0.25) is 9.69 Å². The monoisotopic (exact) mass is 423 g/mol. The fourth-order valence-electron chi connectivity index (χ4n) is 3.79. The van der Waals surface area contributed by atoms with E-state index in [1.54, 1.807) is 18.3 Å². The maximum absolute atomic E-state index is 13.1. The van der Waals surface area contributed by atoms with Crippen molar-refractivity contribution >= 4 is 5.91 Å². The molecule has 1 aromatic heterocycles. The zero-order chi connectivity index (χ0) is 21.2.